The van der Waals surface area contributed by atoms with Crippen molar-refractivity contribution in [3.63, 3.8) is 0 Å². The molecule has 0 aliphatic heterocycles. The summed E-state index contributed by atoms with van der Waals surface area (Å²) in [6.07, 6.45) is 13.4. The Morgan fingerprint density at radius 1 is 1.16 bits per heavy atom. The van der Waals surface area contributed by atoms with Crippen molar-refractivity contribution in [1.29, 1.82) is 0 Å². The molecule has 1 unspecified atom stereocenters. The number of nitrogens with one attached hydrogen (secondary N) is 1. The van der Waals surface area contributed by atoms with Gasteiger partial charge in [-0.2, -0.15) is 5.10 Å². The summed E-state index contributed by atoms with van der Waals surface area (Å²) in [5, 5.41) is 7.97. The Morgan fingerprint density at radius 3 is 2.58 bits per heavy atom. The van der Waals surface area contributed by atoms with Crippen LogP contribution < -0.4 is 5.32 Å². The zero-order valence-electron chi connectivity index (χ0n) is 13.0. The molecule has 0 amide bonds. The third-order valence-electron chi connectivity index (χ3n) is 3.64. The molecular formula is C16H31N3. The summed E-state index contributed by atoms with van der Waals surface area (Å²) in [7, 11) is 0. The molecule has 1 aromatic heterocycles. The summed E-state index contributed by atoms with van der Waals surface area (Å²) >= 11 is 0. The van der Waals surface area contributed by atoms with E-state index >= 15 is 0 Å². The van der Waals surface area contributed by atoms with E-state index in [9.17, 15) is 0 Å². The van der Waals surface area contributed by atoms with E-state index < -0.39 is 0 Å². The zero-order chi connectivity index (χ0) is 13.9. The predicted octanol–water partition coefficient (Wildman–Crippen LogP) is 3.78. The van der Waals surface area contributed by atoms with E-state index in [4.69, 9.17) is 0 Å². The van der Waals surface area contributed by atoms with Gasteiger partial charge in [-0.3, -0.25) is 4.68 Å². The van der Waals surface area contributed by atoms with Crippen molar-refractivity contribution in [2.75, 3.05) is 6.54 Å². The smallest absolute Gasteiger partial charge is 0.0522 e. The minimum absolute atomic E-state index is 0.612. The Balaban J connectivity index is 2.30. The van der Waals surface area contributed by atoms with Gasteiger partial charge < -0.3 is 5.32 Å². The molecule has 0 aliphatic rings. The van der Waals surface area contributed by atoms with Crippen molar-refractivity contribution in [3.05, 3.63) is 18.0 Å². The Kier molecular flexibility index (Phi) is 8.55. The summed E-state index contributed by atoms with van der Waals surface area (Å²) in [6.45, 7) is 8.61. The van der Waals surface area contributed by atoms with E-state index in [1.54, 1.807) is 0 Å². The van der Waals surface area contributed by atoms with Gasteiger partial charge >= 0.3 is 0 Å². The number of hydrogen-bond donors (Lipinski definition) is 1. The van der Waals surface area contributed by atoms with Crippen molar-refractivity contribution < 1.29 is 0 Å². The highest BCUT2D eigenvalue weighted by atomic mass is 15.3. The highest BCUT2D eigenvalue weighted by Crippen LogP contribution is 2.11. The lowest BCUT2D eigenvalue weighted by atomic mass is 10.0. The molecule has 1 rings (SSSR count). The molecule has 0 aliphatic carbocycles. The van der Waals surface area contributed by atoms with Gasteiger partial charge in [0.2, 0.25) is 0 Å². The number of aromatic nitrogens is 2. The van der Waals surface area contributed by atoms with Gasteiger partial charge in [-0.1, -0.05) is 46.0 Å². The van der Waals surface area contributed by atoms with Gasteiger partial charge in [0.05, 0.1) is 6.20 Å². The SMILES string of the molecule is CCCCCCCC(Cc1cnn(CC)c1)NCC. The molecule has 110 valence electrons. The van der Waals surface area contributed by atoms with Crippen LogP contribution in [-0.4, -0.2) is 22.4 Å². The Labute approximate surface area is 118 Å². The van der Waals surface area contributed by atoms with Gasteiger partial charge in [0, 0.05) is 18.8 Å². The average molecular weight is 265 g/mol. The summed E-state index contributed by atoms with van der Waals surface area (Å²) in [5.41, 5.74) is 1.36. The average Bonchev–Trinajstić information content (AvgIpc) is 2.86. The van der Waals surface area contributed by atoms with Crippen LogP contribution in [0.5, 0.6) is 0 Å². The summed E-state index contributed by atoms with van der Waals surface area (Å²) in [4.78, 5) is 0. The topological polar surface area (TPSA) is 29.9 Å². The molecule has 0 aromatic carbocycles. The lowest BCUT2D eigenvalue weighted by Crippen LogP contribution is -2.30. The standard InChI is InChI=1S/C16H31N3/c1-4-7-8-9-10-11-16(17-5-2)12-15-13-18-19(6-3)14-15/h13-14,16-17H,4-12H2,1-3H3. The summed E-state index contributed by atoms with van der Waals surface area (Å²) < 4.78 is 2.01. The van der Waals surface area contributed by atoms with Crippen molar-refractivity contribution in [1.82, 2.24) is 15.1 Å². The molecule has 0 bridgehead atoms. The first-order valence-corrected chi connectivity index (χ1v) is 8.04. The Hall–Kier alpha value is -0.830. The lowest BCUT2D eigenvalue weighted by molar-refractivity contribution is 0.461. The number of hydrogen-bond acceptors (Lipinski definition) is 2. The van der Waals surface area contributed by atoms with Crippen LogP contribution in [0.1, 0.15) is 64.9 Å². The molecule has 1 heterocycles. The van der Waals surface area contributed by atoms with Crippen LogP contribution in [0.15, 0.2) is 12.4 Å². The number of rotatable bonds is 11. The van der Waals surface area contributed by atoms with Crippen LogP contribution in [0.3, 0.4) is 0 Å². The summed E-state index contributed by atoms with van der Waals surface area (Å²) in [6, 6.07) is 0.612. The van der Waals surface area contributed by atoms with E-state index in [1.165, 1.54) is 44.1 Å². The molecule has 0 saturated heterocycles. The molecule has 0 spiro atoms. The van der Waals surface area contributed by atoms with Crippen molar-refractivity contribution in [2.24, 2.45) is 0 Å². The molecule has 0 saturated carbocycles. The molecule has 1 atom stereocenters. The van der Waals surface area contributed by atoms with Gasteiger partial charge in [0.15, 0.2) is 0 Å². The molecule has 3 nitrogen and oxygen atoms in total. The Morgan fingerprint density at radius 2 is 1.95 bits per heavy atom. The van der Waals surface area contributed by atoms with Gasteiger partial charge in [-0.05, 0) is 31.9 Å². The first-order chi connectivity index (χ1) is 9.30. The second-order valence-corrected chi connectivity index (χ2v) is 5.37. The van der Waals surface area contributed by atoms with E-state index in [2.05, 4.69) is 37.4 Å². The van der Waals surface area contributed by atoms with Crippen LogP contribution in [0.4, 0.5) is 0 Å². The summed E-state index contributed by atoms with van der Waals surface area (Å²) in [5.74, 6) is 0. The quantitative estimate of drug-likeness (QED) is 0.617. The maximum atomic E-state index is 4.36. The van der Waals surface area contributed by atoms with Gasteiger partial charge in [0.1, 0.15) is 0 Å². The van der Waals surface area contributed by atoms with Crippen LogP contribution in [-0.2, 0) is 13.0 Å². The van der Waals surface area contributed by atoms with E-state index in [1.807, 2.05) is 10.9 Å². The molecule has 3 heteroatoms. The maximum Gasteiger partial charge on any atom is 0.0522 e. The minimum atomic E-state index is 0.612. The third-order valence-corrected chi connectivity index (χ3v) is 3.64. The fourth-order valence-electron chi connectivity index (χ4n) is 2.53. The largest absolute Gasteiger partial charge is 0.314 e. The highest BCUT2D eigenvalue weighted by Gasteiger charge is 2.09. The fourth-order valence-corrected chi connectivity index (χ4v) is 2.53. The molecule has 1 N–H and O–H groups in total. The van der Waals surface area contributed by atoms with Gasteiger partial charge in [0.25, 0.3) is 0 Å². The van der Waals surface area contributed by atoms with Gasteiger partial charge in [-0.15, -0.1) is 0 Å². The van der Waals surface area contributed by atoms with E-state index in [0.29, 0.717) is 6.04 Å². The third kappa shape index (κ3) is 6.76. The zero-order valence-corrected chi connectivity index (χ0v) is 13.0. The number of unbranched alkanes of at least 4 members (excludes halogenated alkanes) is 4. The molecular weight excluding hydrogens is 234 g/mol. The normalized spacial score (nSPS) is 12.8. The molecule has 1 aromatic rings. The van der Waals surface area contributed by atoms with Gasteiger partial charge in [-0.25, -0.2) is 0 Å². The van der Waals surface area contributed by atoms with Crippen molar-refractivity contribution >= 4 is 0 Å². The minimum Gasteiger partial charge on any atom is -0.314 e. The maximum absolute atomic E-state index is 4.36. The van der Waals surface area contributed by atoms with Crippen LogP contribution >= 0.6 is 0 Å². The predicted molar refractivity (Wildman–Crippen MR) is 82.4 cm³/mol. The highest BCUT2D eigenvalue weighted by molar-refractivity contribution is 5.06. The second-order valence-electron chi connectivity index (χ2n) is 5.37. The van der Waals surface area contributed by atoms with Crippen molar-refractivity contribution in [3.8, 4) is 0 Å². The second kappa shape index (κ2) is 10.0. The monoisotopic (exact) mass is 265 g/mol. The number of likely N-dealkylation sites (N-methyl/N-ethyl adjacent to an activating group) is 1. The number of aryl methyl sites for hydroxylation is 1. The van der Waals surface area contributed by atoms with Crippen LogP contribution in [0.25, 0.3) is 0 Å². The number of nitrogens with zero attached hydrogens (tertiary/aromatic N) is 2. The molecule has 0 fully saturated rings. The fraction of sp³-hybridized carbons (Fsp3) is 0.812. The molecule has 0 radical (unpaired) electrons. The van der Waals surface area contributed by atoms with Crippen LogP contribution in [0.2, 0.25) is 0 Å². The first-order valence-electron chi connectivity index (χ1n) is 8.04. The van der Waals surface area contributed by atoms with Crippen molar-refractivity contribution in [2.45, 2.75) is 78.3 Å². The van der Waals surface area contributed by atoms with Crippen LogP contribution in [0, 0.1) is 0 Å². The molecule has 19 heavy (non-hydrogen) atoms. The first kappa shape index (κ1) is 16.2. The Bertz CT molecular complexity index is 320. The van der Waals surface area contributed by atoms with E-state index in [0.717, 1.165) is 19.5 Å². The van der Waals surface area contributed by atoms with E-state index in [-0.39, 0.29) is 0 Å². The lowest BCUT2D eigenvalue weighted by Gasteiger charge is -2.17.